The molecule has 3 heterocycles. The number of β-amino-alcohol motifs (C(OH)–C–C–N with tert-alkyl or cyclic N) is 1. The number of hydrogen-bond donors (Lipinski definition) is 2. The van der Waals surface area contributed by atoms with Crippen LogP contribution in [0.5, 0.6) is 0 Å². The van der Waals surface area contributed by atoms with Crippen molar-refractivity contribution >= 4 is 17.0 Å². The molecule has 0 bridgehead atoms. The molecule has 0 unspecified atom stereocenters. The first kappa shape index (κ1) is 17.7. The lowest BCUT2D eigenvalue weighted by Gasteiger charge is -2.40. The normalized spacial score (nSPS) is 19.5. The molecule has 2 N–H and O–H groups in total. The molecule has 1 aliphatic rings. The Morgan fingerprint density at radius 1 is 1.30 bits per heavy atom. The van der Waals surface area contributed by atoms with E-state index in [4.69, 9.17) is 4.98 Å². The van der Waals surface area contributed by atoms with Gasteiger partial charge in [0, 0.05) is 32.2 Å². The number of anilines is 1. The van der Waals surface area contributed by atoms with Crippen LogP contribution in [-0.2, 0) is 0 Å². The number of hydrogen-bond acceptors (Lipinski definition) is 6. The summed E-state index contributed by atoms with van der Waals surface area (Å²) >= 11 is 0. The highest BCUT2D eigenvalue weighted by molar-refractivity contribution is 5.76. The van der Waals surface area contributed by atoms with Crippen LogP contribution in [0.1, 0.15) is 13.8 Å². The Balaban J connectivity index is 1.68. The number of nitrogens with one attached hydrogen (secondary N) is 1. The Kier molecular flexibility index (Phi) is 4.67. The van der Waals surface area contributed by atoms with Crippen LogP contribution in [0.2, 0.25) is 0 Å². The third-order valence-electron chi connectivity index (χ3n) is 4.93. The van der Waals surface area contributed by atoms with E-state index in [1.165, 1.54) is 0 Å². The summed E-state index contributed by atoms with van der Waals surface area (Å²) < 4.78 is 1.70. The predicted molar refractivity (Wildman–Crippen MR) is 104 cm³/mol. The van der Waals surface area contributed by atoms with Gasteiger partial charge in [0.05, 0.1) is 18.0 Å². The van der Waals surface area contributed by atoms with Crippen LogP contribution in [0.3, 0.4) is 0 Å². The van der Waals surface area contributed by atoms with Gasteiger partial charge in [-0.25, -0.2) is 4.68 Å². The minimum Gasteiger partial charge on any atom is -0.392 e. The van der Waals surface area contributed by atoms with Crippen molar-refractivity contribution in [2.45, 2.75) is 26.0 Å². The largest absolute Gasteiger partial charge is 0.392 e. The number of H-pyrrole nitrogens is 1. The Morgan fingerprint density at radius 2 is 2.07 bits per heavy atom. The predicted octanol–water partition coefficient (Wildman–Crippen LogP) is 1.00. The molecule has 142 valence electrons. The second-order valence-corrected chi connectivity index (χ2v) is 7.17. The van der Waals surface area contributed by atoms with Crippen molar-refractivity contribution in [3.8, 4) is 5.69 Å². The Morgan fingerprint density at radius 3 is 2.78 bits per heavy atom. The number of fused-ring (bicyclic) bond motifs is 1. The van der Waals surface area contributed by atoms with Crippen molar-refractivity contribution in [2.24, 2.45) is 0 Å². The SMILES string of the molecule is C[C@@H](O)CN1CCN(c2nc3c(cnn3-c3ccccc3)c(=O)[nH]2)[C@@H](C)C1. The molecule has 1 saturated heterocycles. The summed E-state index contributed by atoms with van der Waals surface area (Å²) in [5, 5.41) is 14.4. The molecule has 8 heteroatoms. The average Bonchev–Trinajstić information content (AvgIpc) is 3.06. The number of aliphatic hydroxyl groups is 1. The Hall–Kier alpha value is -2.71. The first-order valence-electron chi connectivity index (χ1n) is 9.23. The summed E-state index contributed by atoms with van der Waals surface area (Å²) in [5.74, 6) is 0.564. The molecule has 0 amide bonds. The van der Waals surface area contributed by atoms with Crippen molar-refractivity contribution in [1.82, 2.24) is 24.6 Å². The van der Waals surface area contributed by atoms with Gasteiger partial charge >= 0.3 is 0 Å². The first-order valence-corrected chi connectivity index (χ1v) is 9.23. The molecule has 4 rings (SSSR count). The van der Waals surface area contributed by atoms with Gasteiger partial charge in [0.25, 0.3) is 5.56 Å². The zero-order chi connectivity index (χ0) is 19.0. The number of piperazine rings is 1. The Bertz CT molecular complexity index is 981. The molecule has 0 saturated carbocycles. The molecule has 0 aliphatic carbocycles. The van der Waals surface area contributed by atoms with E-state index >= 15 is 0 Å². The zero-order valence-electron chi connectivity index (χ0n) is 15.5. The van der Waals surface area contributed by atoms with Gasteiger partial charge in [-0.2, -0.15) is 10.1 Å². The minimum absolute atomic E-state index is 0.172. The zero-order valence-corrected chi connectivity index (χ0v) is 15.5. The van der Waals surface area contributed by atoms with Crippen LogP contribution < -0.4 is 10.5 Å². The molecule has 0 spiro atoms. The van der Waals surface area contributed by atoms with Crippen LogP contribution >= 0.6 is 0 Å². The van der Waals surface area contributed by atoms with Gasteiger partial charge in [0.2, 0.25) is 5.95 Å². The molecule has 27 heavy (non-hydrogen) atoms. The molecular formula is C19H24N6O2. The molecule has 2 atom stereocenters. The topological polar surface area (TPSA) is 90.3 Å². The van der Waals surface area contributed by atoms with Crippen LogP contribution in [0.15, 0.2) is 41.3 Å². The van der Waals surface area contributed by atoms with Crippen molar-refractivity contribution in [3.05, 3.63) is 46.9 Å². The number of nitrogens with zero attached hydrogens (tertiary/aromatic N) is 5. The summed E-state index contributed by atoms with van der Waals surface area (Å²) in [6.45, 7) is 6.92. The van der Waals surface area contributed by atoms with E-state index < -0.39 is 0 Å². The maximum Gasteiger partial charge on any atom is 0.263 e. The summed E-state index contributed by atoms with van der Waals surface area (Å²) in [4.78, 5) is 24.6. The standard InChI is InChI=1S/C19H24N6O2/c1-13-11-23(12-14(2)26)8-9-24(13)19-21-17-16(18(27)22-19)10-20-25(17)15-6-4-3-5-7-15/h3-7,10,13-14,26H,8-9,11-12H2,1-2H3,(H,21,22,27)/t13-,14+/m0/s1. The van der Waals surface area contributed by atoms with E-state index in [1.54, 1.807) is 17.8 Å². The van der Waals surface area contributed by atoms with Gasteiger partial charge in [-0.3, -0.25) is 14.7 Å². The molecular weight excluding hydrogens is 344 g/mol. The number of aromatic nitrogens is 4. The summed E-state index contributed by atoms with van der Waals surface area (Å²) in [5.41, 5.74) is 1.24. The maximum absolute atomic E-state index is 12.6. The smallest absolute Gasteiger partial charge is 0.263 e. The van der Waals surface area contributed by atoms with Gasteiger partial charge in [-0.15, -0.1) is 0 Å². The fraction of sp³-hybridized carbons (Fsp3) is 0.421. The minimum atomic E-state index is -0.349. The quantitative estimate of drug-likeness (QED) is 0.714. The molecule has 1 aromatic carbocycles. The van der Waals surface area contributed by atoms with E-state index in [2.05, 4.69) is 26.8 Å². The van der Waals surface area contributed by atoms with Crippen LogP contribution in [0.25, 0.3) is 16.7 Å². The van der Waals surface area contributed by atoms with Crippen molar-refractivity contribution in [3.63, 3.8) is 0 Å². The third-order valence-corrected chi connectivity index (χ3v) is 4.93. The summed E-state index contributed by atoms with van der Waals surface area (Å²) in [7, 11) is 0. The number of rotatable bonds is 4. The summed E-state index contributed by atoms with van der Waals surface area (Å²) in [6, 6.07) is 9.85. The van der Waals surface area contributed by atoms with Gasteiger partial charge in [-0.1, -0.05) is 18.2 Å². The third kappa shape index (κ3) is 3.45. The fourth-order valence-corrected chi connectivity index (χ4v) is 3.69. The molecule has 0 radical (unpaired) electrons. The van der Waals surface area contributed by atoms with Gasteiger partial charge in [0.15, 0.2) is 5.65 Å². The van der Waals surface area contributed by atoms with Crippen molar-refractivity contribution < 1.29 is 5.11 Å². The second kappa shape index (κ2) is 7.13. The highest BCUT2D eigenvalue weighted by Gasteiger charge is 2.26. The lowest BCUT2D eigenvalue weighted by Crippen LogP contribution is -2.54. The monoisotopic (exact) mass is 368 g/mol. The second-order valence-electron chi connectivity index (χ2n) is 7.17. The van der Waals surface area contributed by atoms with Crippen molar-refractivity contribution in [1.29, 1.82) is 0 Å². The molecule has 1 aliphatic heterocycles. The van der Waals surface area contributed by atoms with Crippen LogP contribution in [-0.4, -0.2) is 68.1 Å². The first-order chi connectivity index (χ1) is 13.0. The fourth-order valence-electron chi connectivity index (χ4n) is 3.69. The number of aliphatic hydroxyl groups excluding tert-OH is 1. The van der Waals surface area contributed by atoms with Gasteiger partial charge in [0.1, 0.15) is 5.39 Å². The van der Waals surface area contributed by atoms with Crippen molar-refractivity contribution in [2.75, 3.05) is 31.1 Å². The van der Waals surface area contributed by atoms with Crippen LogP contribution in [0, 0.1) is 0 Å². The number of para-hydroxylation sites is 1. The molecule has 8 nitrogen and oxygen atoms in total. The van der Waals surface area contributed by atoms with E-state index in [1.807, 2.05) is 30.3 Å². The van der Waals surface area contributed by atoms with E-state index in [9.17, 15) is 9.90 Å². The van der Waals surface area contributed by atoms with E-state index in [0.717, 1.165) is 25.3 Å². The lowest BCUT2D eigenvalue weighted by molar-refractivity contribution is 0.114. The van der Waals surface area contributed by atoms with E-state index in [0.29, 0.717) is 23.5 Å². The van der Waals surface area contributed by atoms with Gasteiger partial charge < -0.3 is 10.0 Å². The molecule has 1 fully saturated rings. The highest BCUT2D eigenvalue weighted by Crippen LogP contribution is 2.19. The van der Waals surface area contributed by atoms with Gasteiger partial charge in [-0.05, 0) is 26.0 Å². The average molecular weight is 368 g/mol. The Labute approximate surface area is 157 Å². The number of benzene rings is 1. The molecule has 2 aromatic heterocycles. The number of aromatic amines is 1. The summed E-state index contributed by atoms with van der Waals surface area (Å²) in [6.07, 6.45) is 1.21. The van der Waals surface area contributed by atoms with E-state index in [-0.39, 0.29) is 17.7 Å². The lowest BCUT2D eigenvalue weighted by atomic mass is 10.2. The van der Waals surface area contributed by atoms with Crippen LogP contribution in [0.4, 0.5) is 5.95 Å². The molecule has 3 aromatic rings. The maximum atomic E-state index is 12.6. The highest BCUT2D eigenvalue weighted by atomic mass is 16.3.